The molecule has 0 spiro atoms. The lowest BCUT2D eigenvalue weighted by Crippen LogP contribution is -2.45. The van der Waals surface area contributed by atoms with E-state index in [1.54, 1.807) is 15.6 Å². The van der Waals surface area contributed by atoms with Crippen molar-refractivity contribution < 1.29 is 27.5 Å². The SMILES string of the molecule is CC(C)NC(=O)N1CCc2c(c(-c3ccc(C(F)(F)F)c(SCCN4CCC(F)CC4)c3)nn2C[C@H](O)CN2CCCCC2)C1. The number of fused-ring (bicyclic) bond motifs is 1. The standard InChI is InChI=1S/C32H46F4N6O2S/c1-22(2)37-31(44)41-15-10-28-26(21-41)30(38-42(28)20-25(43)19-40-11-4-3-5-12-40)23-6-7-27(32(34,35)36)29(18-23)45-17-16-39-13-8-24(33)9-14-39/h6-7,18,22,24-25,43H,3-5,8-17,19-21H2,1-2H3,(H,37,44)/t25-/m1/s1. The first-order valence-corrected chi connectivity index (χ1v) is 17.2. The predicted molar refractivity (Wildman–Crippen MR) is 168 cm³/mol. The molecule has 2 N–H and O–H groups in total. The average molecular weight is 655 g/mol. The topological polar surface area (TPSA) is 76.9 Å². The number of urea groups is 1. The molecule has 2 amide bonds. The van der Waals surface area contributed by atoms with Crippen molar-refractivity contribution in [3.63, 3.8) is 0 Å². The highest BCUT2D eigenvalue weighted by Gasteiger charge is 2.35. The Labute approximate surface area is 267 Å². The van der Waals surface area contributed by atoms with Gasteiger partial charge in [-0.25, -0.2) is 9.18 Å². The molecule has 0 radical (unpaired) electrons. The second kappa shape index (κ2) is 15.0. The predicted octanol–water partition coefficient (Wildman–Crippen LogP) is 5.42. The van der Waals surface area contributed by atoms with Crippen molar-refractivity contribution in [3.05, 3.63) is 35.0 Å². The highest BCUT2D eigenvalue weighted by molar-refractivity contribution is 7.99. The van der Waals surface area contributed by atoms with Crippen LogP contribution in [-0.4, -0.2) is 106 Å². The molecule has 8 nitrogen and oxygen atoms in total. The summed E-state index contributed by atoms with van der Waals surface area (Å²) in [6.45, 7) is 9.08. The Morgan fingerprint density at radius 1 is 1.07 bits per heavy atom. The number of carbonyl (C=O) groups excluding carboxylic acids is 1. The van der Waals surface area contributed by atoms with E-state index < -0.39 is 24.0 Å². The maximum Gasteiger partial charge on any atom is 0.417 e. The zero-order valence-corrected chi connectivity index (χ0v) is 27.1. The molecule has 3 aliphatic rings. The summed E-state index contributed by atoms with van der Waals surface area (Å²) in [5, 5.41) is 18.9. The first-order chi connectivity index (χ1) is 21.5. The van der Waals surface area contributed by atoms with E-state index in [0.29, 0.717) is 69.0 Å². The number of rotatable bonds is 10. The van der Waals surface area contributed by atoms with Crippen molar-refractivity contribution in [1.82, 2.24) is 29.8 Å². The molecule has 2 aromatic rings. The monoisotopic (exact) mass is 654 g/mol. The summed E-state index contributed by atoms with van der Waals surface area (Å²) >= 11 is 1.15. The van der Waals surface area contributed by atoms with Gasteiger partial charge in [0.15, 0.2) is 0 Å². The third-order valence-corrected chi connectivity index (χ3v) is 9.91. The van der Waals surface area contributed by atoms with Crippen LogP contribution in [0.1, 0.15) is 62.8 Å². The van der Waals surface area contributed by atoms with Gasteiger partial charge in [0, 0.05) is 72.7 Å². The van der Waals surface area contributed by atoms with Crippen molar-refractivity contribution in [2.24, 2.45) is 0 Å². The molecule has 1 aromatic carbocycles. The Morgan fingerprint density at radius 2 is 1.80 bits per heavy atom. The second-order valence-corrected chi connectivity index (χ2v) is 14.0. The number of alkyl halides is 4. The van der Waals surface area contributed by atoms with Crippen LogP contribution in [0.3, 0.4) is 0 Å². The number of likely N-dealkylation sites (tertiary alicyclic amines) is 2. The number of aliphatic hydroxyl groups is 1. The summed E-state index contributed by atoms with van der Waals surface area (Å²) in [4.78, 5) is 19.1. The van der Waals surface area contributed by atoms with Crippen molar-refractivity contribution >= 4 is 17.8 Å². The normalized spacial score (nSPS) is 19.6. The largest absolute Gasteiger partial charge is 0.417 e. The Morgan fingerprint density at radius 3 is 2.49 bits per heavy atom. The van der Waals surface area contributed by atoms with Crippen LogP contribution in [0, 0.1) is 0 Å². The van der Waals surface area contributed by atoms with Crippen molar-refractivity contribution in [2.45, 2.75) is 94.9 Å². The third-order valence-electron chi connectivity index (χ3n) is 8.88. The van der Waals surface area contributed by atoms with E-state index in [2.05, 4.69) is 15.1 Å². The number of benzene rings is 1. The number of aliphatic hydroxyl groups excluding tert-OH is 1. The van der Waals surface area contributed by atoms with Gasteiger partial charge in [0.25, 0.3) is 0 Å². The zero-order valence-electron chi connectivity index (χ0n) is 26.3. The first-order valence-electron chi connectivity index (χ1n) is 16.2. The van der Waals surface area contributed by atoms with E-state index >= 15 is 0 Å². The molecule has 2 fully saturated rings. The van der Waals surface area contributed by atoms with Crippen molar-refractivity contribution in [3.8, 4) is 11.3 Å². The second-order valence-electron chi connectivity index (χ2n) is 12.8. The van der Waals surface area contributed by atoms with Gasteiger partial charge in [-0.2, -0.15) is 18.3 Å². The van der Waals surface area contributed by atoms with Crippen LogP contribution in [0.5, 0.6) is 0 Å². The van der Waals surface area contributed by atoms with Crippen LogP contribution in [0.4, 0.5) is 22.4 Å². The number of nitrogens with zero attached hydrogens (tertiary/aromatic N) is 5. The fraction of sp³-hybridized carbons (Fsp3) is 0.688. The molecular weight excluding hydrogens is 608 g/mol. The summed E-state index contributed by atoms with van der Waals surface area (Å²) in [7, 11) is 0. The highest BCUT2D eigenvalue weighted by atomic mass is 32.2. The Hall–Kier alpha value is -2.35. The fourth-order valence-electron chi connectivity index (χ4n) is 6.52. The number of hydrogen-bond acceptors (Lipinski definition) is 6. The summed E-state index contributed by atoms with van der Waals surface area (Å²) in [5.41, 5.74) is 2.10. The van der Waals surface area contributed by atoms with Gasteiger partial charge in [-0.1, -0.05) is 12.5 Å². The molecule has 2 saturated heterocycles. The minimum Gasteiger partial charge on any atom is -0.390 e. The molecule has 3 aliphatic heterocycles. The van der Waals surface area contributed by atoms with Gasteiger partial charge in [-0.3, -0.25) is 4.68 Å². The lowest BCUT2D eigenvalue weighted by molar-refractivity contribution is -0.139. The molecule has 0 unspecified atom stereocenters. The van der Waals surface area contributed by atoms with Crippen LogP contribution in [-0.2, 0) is 25.7 Å². The van der Waals surface area contributed by atoms with Crippen LogP contribution in [0.2, 0.25) is 0 Å². The molecule has 0 saturated carbocycles. The number of nitrogens with one attached hydrogen (secondary N) is 1. The summed E-state index contributed by atoms with van der Waals surface area (Å²) in [5.74, 6) is 0.446. The van der Waals surface area contributed by atoms with Gasteiger partial charge < -0.3 is 25.1 Å². The number of β-amino-alcohol motifs (C(OH)–C–C–N with tert-alkyl or cyclic N) is 1. The third kappa shape index (κ3) is 8.93. The van der Waals surface area contributed by atoms with E-state index in [9.17, 15) is 27.5 Å². The van der Waals surface area contributed by atoms with E-state index in [1.165, 1.54) is 12.5 Å². The quantitative estimate of drug-likeness (QED) is 0.264. The Balaban J connectivity index is 1.41. The van der Waals surface area contributed by atoms with Gasteiger partial charge in [0.2, 0.25) is 0 Å². The Kier molecular flexibility index (Phi) is 11.4. The van der Waals surface area contributed by atoms with E-state index in [0.717, 1.165) is 55.0 Å². The molecule has 13 heteroatoms. The van der Waals surface area contributed by atoms with Crippen LogP contribution >= 0.6 is 11.8 Å². The maximum absolute atomic E-state index is 14.1. The number of hydrogen-bond donors (Lipinski definition) is 2. The molecule has 1 atom stereocenters. The smallest absolute Gasteiger partial charge is 0.390 e. The fourth-order valence-corrected chi connectivity index (χ4v) is 7.63. The number of amides is 2. The number of halogens is 4. The molecular formula is C32H46F4N6O2S. The van der Waals surface area contributed by atoms with Gasteiger partial charge in [-0.05, 0) is 64.8 Å². The van der Waals surface area contributed by atoms with Crippen LogP contribution in [0.15, 0.2) is 23.1 Å². The number of piperidine rings is 2. The lowest BCUT2D eigenvalue weighted by atomic mass is 10.00. The molecule has 0 bridgehead atoms. The van der Waals surface area contributed by atoms with Gasteiger partial charge in [0.1, 0.15) is 6.17 Å². The molecule has 5 rings (SSSR count). The molecule has 0 aliphatic carbocycles. The van der Waals surface area contributed by atoms with Crippen molar-refractivity contribution in [1.29, 1.82) is 0 Å². The van der Waals surface area contributed by atoms with Crippen molar-refractivity contribution in [2.75, 3.05) is 51.6 Å². The van der Waals surface area contributed by atoms with Gasteiger partial charge >= 0.3 is 12.2 Å². The molecule has 1 aromatic heterocycles. The van der Waals surface area contributed by atoms with E-state index in [4.69, 9.17) is 5.10 Å². The number of aromatic nitrogens is 2. The van der Waals surface area contributed by atoms with Gasteiger partial charge in [-0.15, -0.1) is 11.8 Å². The van der Waals surface area contributed by atoms with Crippen LogP contribution in [0.25, 0.3) is 11.3 Å². The van der Waals surface area contributed by atoms with Crippen LogP contribution < -0.4 is 5.32 Å². The molecule has 4 heterocycles. The number of thioether (sulfide) groups is 1. The lowest BCUT2D eigenvalue weighted by Gasteiger charge is -2.30. The van der Waals surface area contributed by atoms with Gasteiger partial charge in [0.05, 0.1) is 30.5 Å². The summed E-state index contributed by atoms with van der Waals surface area (Å²) in [6.07, 6.45) is -1.08. The summed E-state index contributed by atoms with van der Waals surface area (Å²) < 4.78 is 57.6. The first kappa shape index (κ1) is 34.0. The zero-order chi connectivity index (χ0) is 32.1. The maximum atomic E-state index is 14.1. The minimum atomic E-state index is -4.52. The highest BCUT2D eigenvalue weighted by Crippen LogP contribution is 2.40. The van der Waals surface area contributed by atoms with E-state index in [1.807, 2.05) is 13.8 Å². The molecule has 250 valence electrons. The summed E-state index contributed by atoms with van der Waals surface area (Å²) in [6, 6.07) is 3.91. The average Bonchev–Trinajstić information content (AvgIpc) is 3.35. The van der Waals surface area contributed by atoms with E-state index in [-0.39, 0.29) is 30.1 Å². The number of carbonyl (C=O) groups is 1. The Bertz CT molecular complexity index is 1290. The molecule has 45 heavy (non-hydrogen) atoms. The minimum absolute atomic E-state index is 0.0381.